The van der Waals surface area contributed by atoms with Gasteiger partial charge in [-0.2, -0.15) is 29.9 Å². The van der Waals surface area contributed by atoms with Crippen LogP contribution < -0.4 is 9.47 Å². The maximum atomic E-state index is 13.3. The Balaban J connectivity index is 1.66. The Morgan fingerprint density at radius 3 is 1.76 bits per heavy atom. The largest absolute Gasteiger partial charge is 0.458 e. The fourth-order valence-electron chi connectivity index (χ4n) is 4.18. The Morgan fingerprint density at radius 1 is 0.811 bits per heavy atom. The van der Waals surface area contributed by atoms with Crippen molar-refractivity contribution in [3.05, 3.63) is 44.9 Å². The number of benzene rings is 1. The maximum Gasteiger partial charge on any atom is 0.338 e. The SMILES string of the molecule is CC(C)[C@@H]1CC[C@@H](C)C[C@H]1OC(=O)c1cc(Oc2nc(Cl)nc(Cl)n2)cc(Oc2nc(Cl)nc(Cl)n2)c1. The van der Waals surface area contributed by atoms with Gasteiger partial charge >= 0.3 is 18.0 Å². The summed E-state index contributed by atoms with van der Waals surface area (Å²) < 4.78 is 17.4. The maximum absolute atomic E-state index is 13.3. The molecule has 0 N–H and O–H groups in total. The average Bonchev–Trinajstić information content (AvgIpc) is 2.77. The highest BCUT2D eigenvalue weighted by Gasteiger charge is 2.34. The number of hydrogen-bond acceptors (Lipinski definition) is 10. The van der Waals surface area contributed by atoms with Crippen molar-refractivity contribution in [1.82, 2.24) is 29.9 Å². The Morgan fingerprint density at radius 2 is 1.30 bits per heavy atom. The smallest absolute Gasteiger partial charge is 0.338 e. The van der Waals surface area contributed by atoms with Crippen LogP contribution in [0.4, 0.5) is 0 Å². The van der Waals surface area contributed by atoms with Crippen molar-refractivity contribution in [1.29, 1.82) is 0 Å². The zero-order valence-corrected chi connectivity index (χ0v) is 23.0. The molecule has 0 unspecified atom stereocenters. The van der Waals surface area contributed by atoms with Crippen molar-refractivity contribution in [2.24, 2.45) is 17.8 Å². The van der Waals surface area contributed by atoms with E-state index in [9.17, 15) is 4.79 Å². The molecule has 0 aliphatic heterocycles. The van der Waals surface area contributed by atoms with Crippen LogP contribution in [0.2, 0.25) is 21.1 Å². The number of aromatic nitrogens is 6. The van der Waals surface area contributed by atoms with Gasteiger partial charge in [-0.3, -0.25) is 0 Å². The second kappa shape index (κ2) is 11.9. The van der Waals surface area contributed by atoms with Gasteiger partial charge in [0.2, 0.25) is 21.1 Å². The van der Waals surface area contributed by atoms with Crippen LogP contribution in [0.1, 0.15) is 50.4 Å². The zero-order valence-electron chi connectivity index (χ0n) is 20.0. The summed E-state index contributed by atoms with van der Waals surface area (Å²) in [5, 5.41) is -0.657. The molecule has 4 rings (SSSR count). The van der Waals surface area contributed by atoms with Gasteiger partial charge in [0.1, 0.15) is 17.6 Å². The number of halogens is 4. The number of hydrogen-bond donors (Lipinski definition) is 0. The van der Waals surface area contributed by atoms with Gasteiger partial charge in [0, 0.05) is 6.07 Å². The van der Waals surface area contributed by atoms with Crippen LogP contribution in [0.25, 0.3) is 0 Å². The number of rotatable bonds is 7. The van der Waals surface area contributed by atoms with Crippen LogP contribution in [-0.4, -0.2) is 42.0 Å². The Labute approximate surface area is 233 Å². The van der Waals surface area contributed by atoms with Gasteiger partial charge in [-0.05, 0) is 89.1 Å². The van der Waals surface area contributed by atoms with E-state index in [1.165, 1.54) is 18.2 Å². The highest BCUT2D eigenvalue weighted by Crippen LogP contribution is 2.36. The molecule has 3 atom stereocenters. The van der Waals surface area contributed by atoms with E-state index in [2.05, 4.69) is 50.7 Å². The molecular weight excluding hydrogens is 566 g/mol. The van der Waals surface area contributed by atoms with Crippen molar-refractivity contribution in [2.75, 3.05) is 0 Å². The van der Waals surface area contributed by atoms with E-state index in [0.717, 1.165) is 19.3 Å². The quantitative estimate of drug-likeness (QED) is 0.270. The highest BCUT2D eigenvalue weighted by molar-refractivity contribution is 6.31. The number of esters is 1. The minimum Gasteiger partial charge on any atom is -0.458 e. The van der Waals surface area contributed by atoms with Crippen molar-refractivity contribution in [3.8, 4) is 23.5 Å². The summed E-state index contributed by atoms with van der Waals surface area (Å²) in [5.74, 6) is 0.809. The molecule has 196 valence electrons. The summed E-state index contributed by atoms with van der Waals surface area (Å²) in [6.07, 6.45) is 2.67. The summed E-state index contributed by atoms with van der Waals surface area (Å²) in [6.45, 7) is 6.43. The lowest BCUT2D eigenvalue weighted by molar-refractivity contribution is -0.0174. The molecule has 37 heavy (non-hydrogen) atoms. The Bertz CT molecular complexity index is 1190. The van der Waals surface area contributed by atoms with Gasteiger partial charge in [0.15, 0.2) is 0 Å². The molecule has 0 spiro atoms. The third-order valence-electron chi connectivity index (χ3n) is 5.87. The minimum atomic E-state index is -0.543. The van der Waals surface area contributed by atoms with Gasteiger partial charge in [0.05, 0.1) is 5.56 Å². The van der Waals surface area contributed by atoms with E-state index in [-0.39, 0.29) is 62.2 Å². The summed E-state index contributed by atoms with van der Waals surface area (Å²) in [5.41, 5.74) is 0.158. The third-order valence-corrected chi connectivity index (χ3v) is 6.55. The van der Waals surface area contributed by atoms with Gasteiger partial charge < -0.3 is 14.2 Å². The summed E-state index contributed by atoms with van der Waals surface area (Å²) in [7, 11) is 0. The highest BCUT2D eigenvalue weighted by atomic mass is 35.5. The second-order valence-electron chi connectivity index (χ2n) is 8.98. The summed E-state index contributed by atoms with van der Waals surface area (Å²) in [6, 6.07) is 4.01. The van der Waals surface area contributed by atoms with Crippen LogP contribution in [-0.2, 0) is 4.74 Å². The molecule has 0 saturated heterocycles. The monoisotopic (exact) mass is 586 g/mol. The molecule has 1 aliphatic rings. The molecule has 0 bridgehead atoms. The molecule has 1 fully saturated rings. The molecule has 1 saturated carbocycles. The van der Waals surface area contributed by atoms with E-state index < -0.39 is 5.97 Å². The number of nitrogens with zero attached hydrogens (tertiary/aromatic N) is 6. The van der Waals surface area contributed by atoms with Crippen molar-refractivity contribution >= 4 is 52.4 Å². The van der Waals surface area contributed by atoms with Crippen molar-refractivity contribution in [3.63, 3.8) is 0 Å². The van der Waals surface area contributed by atoms with Crippen molar-refractivity contribution in [2.45, 2.75) is 46.1 Å². The third kappa shape index (κ3) is 7.50. The fraction of sp³-hybridized carbons (Fsp3) is 0.435. The topological polar surface area (TPSA) is 122 Å². The first-order valence-corrected chi connectivity index (χ1v) is 12.9. The normalized spacial score (nSPS) is 19.5. The van der Waals surface area contributed by atoms with Gasteiger partial charge in [-0.15, -0.1) is 0 Å². The van der Waals surface area contributed by atoms with Gasteiger partial charge in [-0.25, -0.2) is 4.79 Å². The average molecular weight is 588 g/mol. The summed E-state index contributed by atoms with van der Waals surface area (Å²) >= 11 is 23.4. The van der Waals surface area contributed by atoms with E-state index in [1.807, 2.05) is 0 Å². The molecule has 0 amide bonds. The first kappa shape index (κ1) is 27.5. The molecule has 1 aliphatic carbocycles. The van der Waals surface area contributed by atoms with Crippen LogP contribution >= 0.6 is 46.4 Å². The molecule has 14 heteroatoms. The van der Waals surface area contributed by atoms with Gasteiger partial charge in [-0.1, -0.05) is 27.2 Å². The molecule has 2 heterocycles. The van der Waals surface area contributed by atoms with Crippen LogP contribution in [0.5, 0.6) is 23.5 Å². The minimum absolute atomic E-state index is 0.131. The lowest BCUT2D eigenvalue weighted by Gasteiger charge is -2.36. The Hall–Kier alpha value is -2.53. The first-order valence-electron chi connectivity index (χ1n) is 11.4. The first-order chi connectivity index (χ1) is 17.5. The molecule has 3 aromatic rings. The molecule has 1 aromatic carbocycles. The predicted molar refractivity (Wildman–Crippen MR) is 137 cm³/mol. The van der Waals surface area contributed by atoms with Crippen LogP contribution in [0.15, 0.2) is 18.2 Å². The van der Waals surface area contributed by atoms with Gasteiger partial charge in [0.25, 0.3) is 0 Å². The van der Waals surface area contributed by atoms with E-state index in [4.69, 9.17) is 60.6 Å². The van der Waals surface area contributed by atoms with Crippen molar-refractivity contribution < 1.29 is 19.0 Å². The van der Waals surface area contributed by atoms with E-state index >= 15 is 0 Å². The Kier molecular flexibility index (Phi) is 8.84. The standard InChI is InChI=1S/C23H22Cl4N6O4/c1-10(2)15-5-4-11(3)6-16(15)37-17(34)12-7-13(35-22-30-18(24)28-19(25)31-22)9-14(8-12)36-23-32-20(26)29-21(27)33-23/h7-11,15-16H,4-6H2,1-3H3/t11-,15+,16-/m1/s1. The van der Waals surface area contributed by atoms with E-state index in [0.29, 0.717) is 11.8 Å². The van der Waals surface area contributed by atoms with E-state index in [1.54, 1.807) is 0 Å². The fourth-order valence-corrected chi connectivity index (χ4v) is 4.88. The lowest BCUT2D eigenvalue weighted by atomic mass is 9.75. The number of carbonyl (C=O) groups excluding carboxylic acids is 1. The molecule has 2 aromatic heterocycles. The zero-order chi connectivity index (χ0) is 26.7. The molecule has 10 nitrogen and oxygen atoms in total. The number of carbonyl (C=O) groups is 1. The second-order valence-corrected chi connectivity index (χ2v) is 10.3. The van der Waals surface area contributed by atoms with Crippen LogP contribution in [0, 0.1) is 17.8 Å². The predicted octanol–water partition coefficient (Wildman–Crippen LogP) is 6.87. The van der Waals surface area contributed by atoms with Crippen LogP contribution in [0.3, 0.4) is 0 Å². The summed E-state index contributed by atoms with van der Waals surface area (Å²) in [4.78, 5) is 36.2. The number of ether oxygens (including phenoxy) is 3. The molecule has 0 radical (unpaired) electrons. The lowest BCUT2D eigenvalue weighted by Crippen LogP contribution is -2.35. The molecular formula is C23H22Cl4N6O4.